The van der Waals surface area contributed by atoms with Crippen LogP contribution in [0.25, 0.3) is 0 Å². The fraction of sp³-hybridized carbons (Fsp3) is 0.409. The Hall–Kier alpha value is -3.30. The van der Waals surface area contributed by atoms with Crippen molar-refractivity contribution in [1.82, 2.24) is 14.8 Å². The van der Waals surface area contributed by atoms with E-state index < -0.39 is 52.6 Å². The van der Waals surface area contributed by atoms with Gasteiger partial charge in [-0.2, -0.15) is 0 Å². The maximum atomic E-state index is 13.8. The second-order valence-corrected chi connectivity index (χ2v) is 9.07. The number of nitrogens with zero attached hydrogens (tertiary/aromatic N) is 2. The maximum absolute atomic E-state index is 13.8. The number of rotatable bonds is 3. The molecule has 7 nitrogen and oxygen atoms in total. The van der Waals surface area contributed by atoms with Crippen LogP contribution in [0.2, 0.25) is 0 Å². The van der Waals surface area contributed by atoms with Gasteiger partial charge in [-0.1, -0.05) is 0 Å². The molecular formula is C22H18F3N3O4. The summed E-state index contributed by atoms with van der Waals surface area (Å²) in [7, 11) is 0. The molecule has 2 bridgehead atoms. The monoisotopic (exact) mass is 445 g/mol. The number of nitrogens with one attached hydrogen (secondary N) is 1. The Labute approximate surface area is 179 Å². The highest BCUT2D eigenvalue weighted by Crippen LogP contribution is 2.64. The summed E-state index contributed by atoms with van der Waals surface area (Å²) >= 11 is 0. The fourth-order valence-corrected chi connectivity index (χ4v) is 6.01. The molecule has 2 aromatic rings. The molecule has 1 aromatic heterocycles. The van der Waals surface area contributed by atoms with E-state index in [4.69, 9.17) is 0 Å². The number of hydrogen-bond acceptors (Lipinski definition) is 4. The Morgan fingerprint density at radius 1 is 1.03 bits per heavy atom. The topological polar surface area (TPSA) is 91.6 Å². The van der Waals surface area contributed by atoms with Gasteiger partial charge in [-0.3, -0.25) is 14.4 Å². The molecule has 2 aliphatic carbocycles. The first kappa shape index (κ1) is 19.4. The average molecular weight is 445 g/mol. The van der Waals surface area contributed by atoms with Crippen LogP contribution in [0.1, 0.15) is 39.3 Å². The number of hydrogen-bond donors (Lipinski definition) is 2. The number of carbonyl (C=O) groups excluding carboxylic acids is 2. The van der Waals surface area contributed by atoms with Gasteiger partial charge in [0.2, 0.25) is 5.43 Å². The number of carbonyl (C=O) groups is 2. The molecule has 2 N–H and O–H groups in total. The summed E-state index contributed by atoms with van der Waals surface area (Å²) in [6.45, 7) is -0.122. The van der Waals surface area contributed by atoms with Gasteiger partial charge in [0.05, 0.1) is 6.04 Å². The van der Waals surface area contributed by atoms with E-state index in [9.17, 15) is 32.7 Å². The third kappa shape index (κ3) is 2.52. The van der Waals surface area contributed by atoms with Gasteiger partial charge < -0.3 is 19.9 Å². The van der Waals surface area contributed by atoms with E-state index in [0.717, 1.165) is 12.8 Å². The van der Waals surface area contributed by atoms with Crippen molar-refractivity contribution in [3.63, 3.8) is 0 Å². The van der Waals surface area contributed by atoms with E-state index in [1.54, 1.807) is 4.90 Å². The van der Waals surface area contributed by atoms with Gasteiger partial charge in [-0.05, 0) is 36.7 Å². The molecule has 2 amide bonds. The van der Waals surface area contributed by atoms with Crippen molar-refractivity contribution in [3.05, 3.63) is 62.8 Å². The highest BCUT2D eigenvalue weighted by atomic mass is 19.2. The molecule has 4 aliphatic rings. The summed E-state index contributed by atoms with van der Waals surface area (Å²) in [5, 5.41) is 12.8. The molecule has 2 aliphatic heterocycles. The molecule has 0 spiro atoms. The number of pyridine rings is 1. The predicted octanol–water partition coefficient (Wildman–Crippen LogP) is 1.76. The van der Waals surface area contributed by atoms with Gasteiger partial charge in [-0.25, -0.2) is 13.2 Å². The Kier molecular flexibility index (Phi) is 3.86. The number of fused-ring (bicyclic) bond motifs is 9. The lowest BCUT2D eigenvalue weighted by atomic mass is 9.94. The first-order valence-corrected chi connectivity index (χ1v) is 10.5. The first-order valence-electron chi connectivity index (χ1n) is 10.5. The molecule has 166 valence electrons. The van der Waals surface area contributed by atoms with Crippen molar-refractivity contribution in [1.29, 1.82) is 0 Å². The Balaban J connectivity index is 1.30. The van der Waals surface area contributed by atoms with E-state index in [-0.39, 0.29) is 23.3 Å². The lowest BCUT2D eigenvalue weighted by molar-refractivity contribution is 0.0465. The van der Waals surface area contributed by atoms with E-state index in [0.29, 0.717) is 36.4 Å². The zero-order valence-electron chi connectivity index (χ0n) is 16.6. The summed E-state index contributed by atoms with van der Waals surface area (Å²) in [4.78, 5) is 40.2. The van der Waals surface area contributed by atoms with Crippen molar-refractivity contribution in [3.8, 4) is 5.75 Å². The minimum Gasteiger partial charge on any atom is -0.503 e. The number of benzene rings is 1. The van der Waals surface area contributed by atoms with Gasteiger partial charge >= 0.3 is 0 Å². The molecule has 3 fully saturated rings. The van der Waals surface area contributed by atoms with E-state index >= 15 is 0 Å². The molecule has 1 unspecified atom stereocenters. The minimum absolute atomic E-state index is 0.0298. The van der Waals surface area contributed by atoms with Crippen LogP contribution in [0.3, 0.4) is 0 Å². The quantitative estimate of drug-likeness (QED) is 0.705. The summed E-state index contributed by atoms with van der Waals surface area (Å²) in [5.74, 6) is -4.26. The summed E-state index contributed by atoms with van der Waals surface area (Å²) < 4.78 is 41.7. The normalized spacial score (nSPS) is 28.9. The van der Waals surface area contributed by atoms with Crippen molar-refractivity contribution < 1.29 is 27.9 Å². The minimum atomic E-state index is -1.35. The van der Waals surface area contributed by atoms with E-state index in [1.165, 1.54) is 10.8 Å². The first-order chi connectivity index (χ1) is 15.3. The molecule has 3 heterocycles. The molecule has 32 heavy (non-hydrogen) atoms. The van der Waals surface area contributed by atoms with Crippen LogP contribution in [0, 0.1) is 35.2 Å². The number of amides is 2. The molecule has 5 atom stereocenters. The van der Waals surface area contributed by atoms with Gasteiger partial charge in [0.15, 0.2) is 23.1 Å². The lowest BCUT2D eigenvalue weighted by Crippen LogP contribution is -2.53. The summed E-state index contributed by atoms with van der Waals surface area (Å²) in [5.41, 5.74) is -1.85. The standard InChI is InChI=1S/C22H18F3N3O4/c23-13-4-15(25)14(24)1-8(13)5-26-21(31)12-6-27-7-17-11-3-16(10-2-9(10)11)28(17)22(32)18(27)20(30)19(12)29/h1,4,6,9-11,16-17,30H,2-3,5,7H2,(H,26,31)/t9?,10-,11+,16-,17+/m1/s1. The van der Waals surface area contributed by atoms with Crippen LogP contribution >= 0.6 is 0 Å². The van der Waals surface area contributed by atoms with Gasteiger partial charge in [0.1, 0.15) is 11.4 Å². The summed E-state index contributed by atoms with van der Waals surface area (Å²) in [6.07, 6.45) is 3.27. The number of halogens is 3. The molecule has 2 saturated carbocycles. The molecular weight excluding hydrogens is 427 g/mol. The fourth-order valence-electron chi connectivity index (χ4n) is 6.01. The number of piperidine rings is 1. The molecule has 0 radical (unpaired) electrons. The Morgan fingerprint density at radius 3 is 2.53 bits per heavy atom. The van der Waals surface area contributed by atoms with Crippen LogP contribution in [0.4, 0.5) is 13.2 Å². The number of aromatic nitrogens is 1. The van der Waals surface area contributed by atoms with Crippen LogP contribution < -0.4 is 10.7 Å². The van der Waals surface area contributed by atoms with Gasteiger partial charge in [-0.15, -0.1) is 0 Å². The van der Waals surface area contributed by atoms with E-state index in [2.05, 4.69) is 5.32 Å². The third-order valence-corrected chi connectivity index (χ3v) is 7.51. The Morgan fingerprint density at radius 2 is 1.75 bits per heavy atom. The molecule has 1 aromatic carbocycles. The number of aromatic hydroxyl groups is 1. The highest BCUT2D eigenvalue weighted by Gasteiger charge is 2.66. The molecule has 1 saturated heterocycles. The van der Waals surface area contributed by atoms with Crippen LogP contribution in [0.15, 0.2) is 23.1 Å². The average Bonchev–Trinajstić information content (AvgIpc) is 3.37. The zero-order valence-corrected chi connectivity index (χ0v) is 16.6. The second kappa shape index (κ2) is 6.36. The Bertz CT molecular complexity index is 1280. The van der Waals surface area contributed by atoms with Crippen molar-refractivity contribution >= 4 is 11.8 Å². The largest absolute Gasteiger partial charge is 0.503 e. The van der Waals surface area contributed by atoms with Gasteiger partial charge in [0, 0.05) is 37.0 Å². The molecule has 10 heteroatoms. The second-order valence-electron chi connectivity index (χ2n) is 9.07. The van der Waals surface area contributed by atoms with Crippen molar-refractivity contribution in [2.45, 2.75) is 38.0 Å². The van der Waals surface area contributed by atoms with Crippen LogP contribution in [-0.2, 0) is 13.1 Å². The van der Waals surface area contributed by atoms with Gasteiger partial charge in [0.25, 0.3) is 11.8 Å². The maximum Gasteiger partial charge on any atom is 0.275 e. The SMILES string of the molecule is O=C(NCc1cc(F)c(F)cc1F)c1cn2c(c(O)c1=O)C(=O)N1[C@@H]3C[C@@H](C4C[C@H]43)[C@@H]1C2. The third-order valence-electron chi connectivity index (χ3n) is 7.51. The highest BCUT2D eigenvalue weighted by molar-refractivity contribution is 5.99. The van der Waals surface area contributed by atoms with Crippen molar-refractivity contribution in [2.75, 3.05) is 0 Å². The van der Waals surface area contributed by atoms with E-state index in [1.807, 2.05) is 0 Å². The predicted molar refractivity (Wildman–Crippen MR) is 103 cm³/mol. The smallest absolute Gasteiger partial charge is 0.275 e. The zero-order chi connectivity index (χ0) is 22.5. The van der Waals surface area contributed by atoms with Crippen molar-refractivity contribution in [2.24, 2.45) is 17.8 Å². The van der Waals surface area contributed by atoms with Crippen LogP contribution in [0.5, 0.6) is 5.75 Å². The molecule has 6 rings (SSSR count). The lowest BCUT2D eigenvalue weighted by Gasteiger charge is -2.40. The van der Waals surface area contributed by atoms with Crippen LogP contribution in [-0.4, -0.2) is 38.5 Å². The summed E-state index contributed by atoms with van der Waals surface area (Å²) in [6, 6.07) is 1.11.